The Hall–Kier alpha value is -1.35. The molecule has 2 N–H and O–H groups in total. The number of alkyl halides is 3. The van der Waals surface area contributed by atoms with Crippen LogP contribution in [0.25, 0.3) is 0 Å². The number of halogens is 3. The fourth-order valence-corrected chi connectivity index (χ4v) is 1.45. The third-order valence-corrected chi connectivity index (χ3v) is 2.63. The highest BCUT2D eigenvalue weighted by atomic mass is 19.4. The van der Waals surface area contributed by atoms with E-state index < -0.39 is 12.1 Å². The number of carboxylic acid groups (broad SMARTS) is 1. The van der Waals surface area contributed by atoms with E-state index in [1.165, 1.54) is 12.8 Å². The summed E-state index contributed by atoms with van der Waals surface area (Å²) in [5, 5.41) is 14.2. The minimum atomic E-state index is -5.08. The molecule has 2 aliphatic rings. The maximum atomic E-state index is 10.6. The van der Waals surface area contributed by atoms with Crippen molar-refractivity contribution >= 4 is 11.7 Å². The first-order valence-corrected chi connectivity index (χ1v) is 6.19. The highest BCUT2D eigenvalue weighted by molar-refractivity contribution is 5.92. The number of ether oxygens (including phenoxy) is 1. The second kappa shape index (κ2) is 8.05. The number of hydrogen-bond donors (Lipinski definition) is 2. The number of hydrogen-bond acceptors (Lipinski definition) is 5. The number of carboxylic acids is 1. The van der Waals surface area contributed by atoms with E-state index in [0.29, 0.717) is 6.61 Å². The van der Waals surface area contributed by atoms with Crippen molar-refractivity contribution in [3.63, 3.8) is 0 Å². The van der Waals surface area contributed by atoms with E-state index >= 15 is 0 Å². The van der Waals surface area contributed by atoms with Gasteiger partial charge in [-0.15, -0.1) is 0 Å². The van der Waals surface area contributed by atoms with E-state index in [-0.39, 0.29) is 6.10 Å². The molecule has 0 radical (unpaired) electrons. The maximum Gasteiger partial charge on any atom is 0.490 e. The van der Waals surface area contributed by atoms with Crippen LogP contribution in [0.4, 0.5) is 13.2 Å². The lowest BCUT2D eigenvalue weighted by molar-refractivity contribution is -0.192. The normalized spacial score (nSPS) is 22.1. The van der Waals surface area contributed by atoms with Crippen LogP contribution in [0.5, 0.6) is 0 Å². The van der Waals surface area contributed by atoms with Crippen LogP contribution in [0.1, 0.15) is 19.3 Å². The molecule has 9 heteroatoms. The van der Waals surface area contributed by atoms with E-state index in [1.54, 1.807) is 0 Å². The van der Waals surface area contributed by atoms with Crippen LogP contribution in [0, 0.1) is 0 Å². The molecule has 0 bridgehead atoms. The Morgan fingerprint density at radius 3 is 2.50 bits per heavy atom. The minimum absolute atomic E-state index is 0.270. The molecule has 20 heavy (non-hydrogen) atoms. The molecule has 6 nitrogen and oxygen atoms in total. The van der Waals surface area contributed by atoms with Gasteiger partial charge in [-0.2, -0.15) is 13.2 Å². The summed E-state index contributed by atoms with van der Waals surface area (Å²) < 4.78 is 37.2. The lowest BCUT2D eigenvalue weighted by Gasteiger charge is -2.22. The van der Waals surface area contributed by atoms with E-state index in [1.807, 2.05) is 0 Å². The molecular weight excluding hydrogens is 281 g/mol. The summed E-state index contributed by atoms with van der Waals surface area (Å²) >= 11 is 0. The summed E-state index contributed by atoms with van der Waals surface area (Å²) in [5.41, 5.74) is 1.11. The summed E-state index contributed by atoms with van der Waals surface area (Å²) in [5.74, 6) is -2.76. The zero-order valence-corrected chi connectivity index (χ0v) is 10.8. The lowest BCUT2D eigenvalue weighted by atomic mass is 10.1. The summed E-state index contributed by atoms with van der Waals surface area (Å²) in [6, 6.07) is 0. The van der Waals surface area contributed by atoms with Gasteiger partial charge in [-0.25, -0.2) is 4.79 Å². The summed E-state index contributed by atoms with van der Waals surface area (Å²) in [6.07, 6.45) is -1.25. The molecule has 0 saturated carbocycles. The highest BCUT2D eigenvalue weighted by Gasteiger charge is 2.38. The van der Waals surface area contributed by atoms with Gasteiger partial charge in [0.2, 0.25) is 0 Å². The van der Waals surface area contributed by atoms with Gasteiger partial charge in [-0.1, -0.05) is 5.16 Å². The van der Waals surface area contributed by atoms with Crippen LogP contribution in [0.3, 0.4) is 0 Å². The fourth-order valence-electron chi connectivity index (χ4n) is 1.45. The number of nitrogens with one attached hydrogen (secondary N) is 1. The average molecular weight is 298 g/mol. The van der Waals surface area contributed by atoms with Gasteiger partial charge in [0.15, 0.2) is 0 Å². The Labute approximate surface area is 113 Å². The molecule has 0 aromatic rings. The van der Waals surface area contributed by atoms with Gasteiger partial charge in [-0.05, 0) is 19.3 Å². The Morgan fingerprint density at radius 2 is 2.10 bits per heavy atom. The third-order valence-electron chi connectivity index (χ3n) is 2.63. The molecule has 0 aliphatic carbocycles. The zero-order valence-electron chi connectivity index (χ0n) is 10.8. The molecule has 0 aromatic heterocycles. The van der Waals surface area contributed by atoms with Gasteiger partial charge in [0, 0.05) is 19.7 Å². The molecule has 2 aliphatic heterocycles. The number of carbonyl (C=O) groups is 1. The van der Waals surface area contributed by atoms with Crippen molar-refractivity contribution in [3.8, 4) is 0 Å². The first-order chi connectivity index (χ1) is 9.39. The van der Waals surface area contributed by atoms with Crippen molar-refractivity contribution in [2.45, 2.75) is 31.5 Å². The van der Waals surface area contributed by atoms with Crippen LogP contribution < -0.4 is 5.32 Å². The van der Waals surface area contributed by atoms with Crippen molar-refractivity contribution in [1.82, 2.24) is 5.32 Å². The minimum Gasteiger partial charge on any atom is -0.475 e. The second-order valence-electron chi connectivity index (χ2n) is 4.35. The van der Waals surface area contributed by atoms with Crippen molar-refractivity contribution in [2.75, 3.05) is 26.3 Å². The number of rotatable bonds is 3. The Bertz CT molecular complexity index is 335. The van der Waals surface area contributed by atoms with Gasteiger partial charge in [-0.3, -0.25) is 0 Å². The highest BCUT2D eigenvalue weighted by Crippen LogP contribution is 2.13. The van der Waals surface area contributed by atoms with E-state index in [0.717, 1.165) is 31.8 Å². The van der Waals surface area contributed by atoms with E-state index in [9.17, 15) is 13.2 Å². The van der Waals surface area contributed by atoms with E-state index in [2.05, 4.69) is 10.5 Å². The largest absolute Gasteiger partial charge is 0.490 e. The van der Waals surface area contributed by atoms with Crippen LogP contribution in [-0.4, -0.2) is 55.4 Å². The summed E-state index contributed by atoms with van der Waals surface area (Å²) in [7, 11) is 0. The molecular formula is C11H17F3N2O4. The molecule has 0 unspecified atom stereocenters. The van der Waals surface area contributed by atoms with Gasteiger partial charge >= 0.3 is 12.1 Å². The molecule has 2 heterocycles. The van der Waals surface area contributed by atoms with Crippen molar-refractivity contribution < 1.29 is 32.6 Å². The summed E-state index contributed by atoms with van der Waals surface area (Å²) in [6.45, 7) is 3.26. The van der Waals surface area contributed by atoms with Crippen LogP contribution in [-0.2, 0) is 14.4 Å². The monoisotopic (exact) mass is 298 g/mol. The molecule has 0 amide bonds. The van der Waals surface area contributed by atoms with Gasteiger partial charge < -0.3 is 20.0 Å². The molecule has 2 rings (SSSR count). The fraction of sp³-hybridized carbons (Fsp3) is 0.818. The van der Waals surface area contributed by atoms with E-state index in [4.69, 9.17) is 19.5 Å². The Kier molecular flexibility index (Phi) is 6.73. The van der Waals surface area contributed by atoms with Crippen molar-refractivity contribution in [3.05, 3.63) is 0 Å². The molecule has 0 spiro atoms. The SMILES string of the molecule is C1CC[C@H](CON=C2CNC2)OC1.O=C(O)C(F)(F)F. The molecule has 2 fully saturated rings. The second-order valence-corrected chi connectivity index (χ2v) is 4.35. The molecule has 116 valence electrons. The number of oxime groups is 1. The van der Waals surface area contributed by atoms with Crippen LogP contribution in [0.15, 0.2) is 5.16 Å². The standard InChI is InChI=1S/C9H16N2O2.C2HF3O2/c1-2-4-12-9(3-1)7-13-11-8-5-10-6-8;3-2(4,5)1(6)7/h9-10H,1-7H2;(H,6,7)/t9-;/m1./s1. The molecule has 1 atom stereocenters. The van der Waals surface area contributed by atoms with Crippen LogP contribution >= 0.6 is 0 Å². The average Bonchev–Trinajstić information content (AvgIpc) is 2.33. The zero-order chi connectivity index (χ0) is 15.0. The van der Waals surface area contributed by atoms with Gasteiger partial charge in [0.1, 0.15) is 6.61 Å². The maximum absolute atomic E-state index is 10.6. The lowest BCUT2D eigenvalue weighted by Crippen LogP contribution is -2.42. The van der Waals surface area contributed by atoms with Gasteiger partial charge in [0.25, 0.3) is 0 Å². The number of nitrogens with zero attached hydrogens (tertiary/aromatic N) is 1. The third kappa shape index (κ3) is 6.71. The topological polar surface area (TPSA) is 80.1 Å². The Balaban J connectivity index is 0.000000246. The van der Waals surface area contributed by atoms with Crippen LogP contribution in [0.2, 0.25) is 0 Å². The smallest absolute Gasteiger partial charge is 0.475 e. The van der Waals surface area contributed by atoms with Crippen molar-refractivity contribution in [2.24, 2.45) is 5.16 Å². The van der Waals surface area contributed by atoms with Crippen molar-refractivity contribution in [1.29, 1.82) is 0 Å². The first kappa shape index (κ1) is 16.7. The Morgan fingerprint density at radius 1 is 1.45 bits per heavy atom. The quantitative estimate of drug-likeness (QED) is 0.764. The summed E-state index contributed by atoms with van der Waals surface area (Å²) in [4.78, 5) is 14.1. The molecule has 0 aromatic carbocycles. The first-order valence-electron chi connectivity index (χ1n) is 6.19. The predicted molar refractivity (Wildman–Crippen MR) is 63.5 cm³/mol. The molecule has 2 saturated heterocycles. The predicted octanol–water partition coefficient (Wildman–Crippen LogP) is 1.16. The number of aliphatic carboxylic acids is 1. The van der Waals surface area contributed by atoms with Gasteiger partial charge in [0.05, 0.1) is 11.8 Å².